The zero-order valence-corrected chi connectivity index (χ0v) is 13.2. The maximum atomic E-state index is 12.2. The molecule has 22 heavy (non-hydrogen) atoms. The molecule has 0 spiro atoms. The molecule has 4 heteroatoms. The van der Waals surface area contributed by atoms with Gasteiger partial charge in [-0.25, -0.2) is 0 Å². The predicted molar refractivity (Wildman–Crippen MR) is 86.6 cm³/mol. The minimum absolute atomic E-state index is 0.156. The van der Waals surface area contributed by atoms with E-state index in [-0.39, 0.29) is 23.7 Å². The Bertz CT molecular complexity index is 547. The van der Waals surface area contributed by atoms with Crippen molar-refractivity contribution in [3.8, 4) is 0 Å². The summed E-state index contributed by atoms with van der Waals surface area (Å²) in [7, 11) is 0. The van der Waals surface area contributed by atoms with E-state index in [0.29, 0.717) is 19.5 Å². The quantitative estimate of drug-likeness (QED) is 0.929. The van der Waals surface area contributed by atoms with Crippen molar-refractivity contribution in [1.82, 2.24) is 5.32 Å². The van der Waals surface area contributed by atoms with Crippen LogP contribution in [0.5, 0.6) is 0 Å². The molecule has 2 amide bonds. The van der Waals surface area contributed by atoms with E-state index in [1.165, 1.54) is 18.4 Å². The van der Waals surface area contributed by atoms with Gasteiger partial charge >= 0.3 is 0 Å². The van der Waals surface area contributed by atoms with Gasteiger partial charge < -0.3 is 10.2 Å². The number of rotatable bonds is 4. The van der Waals surface area contributed by atoms with Crippen LogP contribution in [0.15, 0.2) is 24.3 Å². The molecule has 0 radical (unpaired) electrons. The number of benzene rings is 1. The average molecular weight is 300 g/mol. The maximum Gasteiger partial charge on any atom is 0.227 e. The van der Waals surface area contributed by atoms with Gasteiger partial charge in [0.15, 0.2) is 0 Å². The van der Waals surface area contributed by atoms with E-state index in [0.717, 1.165) is 18.5 Å². The van der Waals surface area contributed by atoms with Crippen molar-refractivity contribution in [3.63, 3.8) is 0 Å². The number of hydrogen-bond donors (Lipinski definition) is 1. The van der Waals surface area contributed by atoms with Crippen LogP contribution in [-0.4, -0.2) is 24.9 Å². The number of nitrogens with one attached hydrogen (secondary N) is 1. The number of carbonyl (C=O) groups is 2. The third-order valence-electron chi connectivity index (χ3n) is 4.84. The highest BCUT2D eigenvalue weighted by Crippen LogP contribution is 2.26. The Morgan fingerprint density at radius 1 is 1.23 bits per heavy atom. The lowest BCUT2D eigenvalue weighted by molar-refractivity contribution is -0.125. The van der Waals surface area contributed by atoms with Gasteiger partial charge in [0, 0.05) is 37.0 Å². The molecule has 1 atom stereocenters. The molecule has 1 aromatic rings. The number of nitrogens with zero attached hydrogens (tertiary/aromatic N) is 1. The summed E-state index contributed by atoms with van der Waals surface area (Å²) in [6, 6.07) is 8.04. The van der Waals surface area contributed by atoms with Gasteiger partial charge in [-0.1, -0.05) is 30.5 Å². The molecule has 4 nitrogen and oxygen atoms in total. The van der Waals surface area contributed by atoms with Gasteiger partial charge in [0.1, 0.15) is 0 Å². The molecule has 2 fully saturated rings. The zero-order chi connectivity index (χ0) is 15.5. The zero-order valence-electron chi connectivity index (χ0n) is 13.2. The fraction of sp³-hybridized carbons (Fsp3) is 0.556. The molecule has 0 unspecified atom stereocenters. The maximum absolute atomic E-state index is 12.2. The Hall–Kier alpha value is -1.84. The molecule has 0 bridgehead atoms. The van der Waals surface area contributed by atoms with Crippen LogP contribution in [0.25, 0.3) is 0 Å². The molecular formula is C18H24N2O2. The van der Waals surface area contributed by atoms with Crippen LogP contribution in [0.4, 0.5) is 5.69 Å². The third kappa shape index (κ3) is 3.32. The van der Waals surface area contributed by atoms with Gasteiger partial charge in [-0.2, -0.15) is 0 Å². The van der Waals surface area contributed by atoms with Crippen LogP contribution in [0.2, 0.25) is 0 Å². The van der Waals surface area contributed by atoms with Gasteiger partial charge in [0.25, 0.3) is 0 Å². The van der Waals surface area contributed by atoms with Crippen LogP contribution in [0.1, 0.15) is 37.7 Å². The first-order valence-corrected chi connectivity index (χ1v) is 8.28. The summed E-state index contributed by atoms with van der Waals surface area (Å²) < 4.78 is 0. The second-order valence-electron chi connectivity index (χ2n) is 6.64. The Kier molecular flexibility index (Phi) is 4.46. The summed E-state index contributed by atoms with van der Waals surface area (Å²) in [5, 5.41) is 3.05. The number of anilines is 1. The van der Waals surface area contributed by atoms with E-state index < -0.39 is 0 Å². The highest BCUT2D eigenvalue weighted by Gasteiger charge is 2.31. The van der Waals surface area contributed by atoms with Crippen molar-refractivity contribution in [3.05, 3.63) is 29.8 Å². The van der Waals surface area contributed by atoms with E-state index in [9.17, 15) is 9.59 Å². The lowest BCUT2D eigenvalue weighted by atomic mass is 10.1. The van der Waals surface area contributed by atoms with Gasteiger partial charge in [-0.15, -0.1) is 0 Å². The first kappa shape index (κ1) is 15.1. The Morgan fingerprint density at radius 2 is 1.91 bits per heavy atom. The summed E-state index contributed by atoms with van der Waals surface area (Å²) in [6.07, 6.45) is 4.90. The van der Waals surface area contributed by atoms with Crippen molar-refractivity contribution in [2.45, 2.75) is 39.0 Å². The van der Waals surface area contributed by atoms with Crippen molar-refractivity contribution in [2.24, 2.45) is 11.8 Å². The second kappa shape index (κ2) is 6.51. The first-order valence-electron chi connectivity index (χ1n) is 8.28. The van der Waals surface area contributed by atoms with Crippen LogP contribution >= 0.6 is 0 Å². The molecule has 2 aliphatic rings. The standard InChI is InChI=1S/C18H24N2O2/c1-13-6-8-16(9-7-13)20-12-14(10-17(20)21)11-19-18(22)15-4-2-3-5-15/h6-9,14-15H,2-5,10-12H2,1H3,(H,19,22)/t14-/m1/s1. The largest absolute Gasteiger partial charge is 0.356 e. The molecular weight excluding hydrogens is 276 g/mol. The van der Waals surface area contributed by atoms with Crippen LogP contribution in [0.3, 0.4) is 0 Å². The monoisotopic (exact) mass is 300 g/mol. The van der Waals surface area contributed by atoms with Crippen LogP contribution < -0.4 is 10.2 Å². The van der Waals surface area contributed by atoms with Crippen molar-refractivity contribution in [1.29, 1.82) is 0 Å². The molecule has 1 saturated carbocycles. The number of amides is 2. The summed E-state index contributed by atoms with van der Waals surface area (Å²) in [4.78, 5) is 26.1. The van der Waals surface area contributed by atoms with Gasteiger partial charge in [-0.3, -0.25) is 9.59 Å². The first-order chi connectivity index (χ1) is 10.6. The van der Waals surface area contributed by atoms with Crippen LogP contribution in [-0.2, 0) is 9.59 Å². The van der Waals surface area contributed by atoms with Gasteiger partial charge in [0.2, 0.25) is 11.8 Å². The highest BCUT2D eigenvalue weighted by molar-refractivity contribution is 5.95. The molecule has 1 aromatic carbocycles. The number of carbonyl (C=O) groups excluding carboxylic acids is 2. The molecule has 0 aromatic heterocycles. The van der Waals surface area contributed by atoms with Crippen molar-refractivity contribution in [2.75, 3.05) is 18.0 Å². The van der Waals surface area contributed by atoms with Crippen LogP contribution in [0, 0.1) is 18.8 Å². The molecule has 3 rings (SSSR count). The molecule has 1 aliphatic heterocycles. The smallest absolute Gasteiger partial charge is 0.227 e. The minimum Gasteiger partial charge on any atom is -0.356 e. The molecule has 1 aliphatic carbocycles. The van der Waals surface area contributed by atoms with E-state index >= 15 is 0 Å². The fourth-order valence-corrected chi connectivity index (χ4v) is 3.47. The summed E-state index contributed by atoms with van der Waals surface area (Å²) in [5.74, 6) is 0.757. The average Bonchev–Trinajstić information content (AvgIpc) is 3.15. The molecule has 1 heterocycles. The van der Waals surface area contributed by atoms with E-state index in [2.05, 4.69) is 5.32 Å². The second-order valence-corrected chi connectivity index (χ2v) is 6.64. The highest BCUT2D eigenvalue weighted by atomic mass is 16.2. The Balaban J connectivity index is 1.53. The van der Waals surface area contributed by atoms with E-state index in [1.54, 1.807) is 0 Å². The lowest BCUT2D eigenvalue weighted by Crippen LogP contribution is -2.34. The fourth-order valence-electron chi connectivity index (χ4n) is 3.47. The molecule has 1 N–H and O–H groups in total. The molecule has 1 saturated heterocycles. The SMILES string of the molecule is Cc1ccc(N2C[C@@H](CNC(=O)C3CCCC3)CC2=O)cc1. The minimum atomic E-state index is 0.156. The van der Waals surface area contributed by atoms with Gasteiger partial charge in [-0.05, 0) is 31.9 Å². The van der Waals surface area contributed by atoms with E-state index in [4.69, 9.17) is 0 Å². The van der Waals surface area contributed by atoms with E-state index in [1.807, 2.05) is 36.1 Å². The summed E-state index contributed by atoms with van der Waals surface area (Å²) in [5.41, 5.74) is 2.15. The number of aryl methyl sites for hydroxylation is 1. The Labute approximate surface area is 131 Å². The normalized spacial score (nSPS) is 22.3. The van der Waals surface area contributed by atoms with Gasteiger partial charge in [0.05, 0.1) is 0 Å². The molecule has 118 valence electrons. The third-order valence-corrected chi connectivity index (χ3v) is 4.84. The lowest BCUT2D eigenvalue weighted by Gasteiger charge is -2.17. The number of hydrogen-bond acceptors (Lipinski definition) is 2. The van der Waals surface area contributed by atoms with Crippen molar-refractivity contribution >= 4 is 17.5 Å². The van der Waals surface area contributed by atoms with Crippen molar-refractivity contribution < 1.29 is 9.59 Å². The predicted octanol–water partition coefficient (Wildman–Crippen LogP) is 2.65. The topological polar surface area (TPSA) is 49.4 Å². The Morgan fingerprint density at radius 3 is 2.59 bits per heavy atom. The summed E-state index contributed by atoms with van der Waals surface area (Å²) >= 11 is 0. The summed E-state index contributed by atoms with van der Waals surface area (Å²) in [6.45, 7) is 3.35.